The highest BCUT2D eigenvalue weighted by Gasteiger charge is 2.52. The summed E-state index contributed by atoms with van der Waals surface area (Å²) in [6, 6.07) is 0. The van der Waals surface area contributed by atoms with Crippen molar-refractivity contribution in [1.29, 1.82) is 0 Å². The van der Waals surface area contributed by atoms with E-state index in [1.807, 2.05) is 6.08 Å². The molecule has 0 spiro atoms. The summed E-state index contributed by atoms with van der Waals surface area (Å²) in [5.74, 6) is 1.39. The molecule has 1 aliphatic heterocycles. The smallest absolute Gasteiger partial charge is 0.458 e. The van der Waals surface area contributed by atoms with Gasteiger partial charge in [-0.25, -0.2) is 9.78 Å². The van der Waals surface area contributed by atoms with Gasteiger partial charge in [-0.2, -0.15) is 14.4 Å². The molecule has 0 radical (unpaired) electrons. The molecule has 0 unspecified atom stereocenters. The zero-order chi connectivity index (χ0) is 29.5. The van der Waals surface area contributed by atoms with Crippen LogP contribution in [0.3, 0.4) is 0 Å². The number of terminal acetylenes is 1. The van der Waals surface area contributed by atoms with Gasteiger partial charge in [-0.3, -0.25) is 9.36 Å². The Bertz CT molecular complexity index is 1250. The highest BCUT2D eigenvalue weighted by atomic mass is 19.1. The molecular formula is C28H38FN5O6. The Labute approximate surface area is 233 Å². The number of anilines is 1. The molecule has 1 aliphatic rings. The van der Waals surface area contributed by atoms with E-state index in [1.165, 1.54) is 10.9 Å². The molecule has 40 heavy (non-hydrogen) atoms. The first kappa shape index (κ1) is 30.8. The SMILES string of the molecule is C#C[C@]1(COC(=O)OCCCC(CC)(CC)CC=C)O[C@@H](n2cnc3c(N)nc(F)nc32)C[C@@H]1OC(=O)C(C)C. The third-order valence-corrected chi connectivity index (χ3v) is 7.54. The van der Waals surface area contributed by atoms with Crippen molar-refractivity contribution in [3.8, 4) is 12.3 Å². The normalized spacial score (nSPS) is 20.8. The van der Waals surface area contributed by atoms with Gasteiger partial charge in [-0.05, 0) is 24.7 Å². The molecule has 0 amide bonds. The Morgan fingerprint density at radius 2 is 2.10 bits per heavy atom. The summed E-state index contributed by atoms with van der Waals surface area (Å²) in [5, 5.41) is 0. The predicted molar refractivity (Wildman–Crippen MR) is 145 cm³/mol. The maximum atomic E-state index is 13.9. The van der Waals surface area contributed by atoms with Gasteiger partial charge in [0.1, 0.15) is 18.9 Å². The number of nitrogens with zero attached hydrogens (tertiary/aromatic N) is 4. The van der Waals surface area contributed by atoms with Crippen LogP contribution in [0.15, 0.2) is 19.0 Å². The third-order valence-electron chi connectivity index (χ3n) is 7.54. The molecule has 2 aromatic rings. The van der Waals surface area contributed by atoms with Gasteiger partial charge in [0, 0.05) is 6.42 Å². The van der Waals surface area contributed by atoms with Crippen molar-refractivity contribution >= 4 is 29.1 Å². The fourth-order valence-electron chi connectivity index (χ4n) is 4.86. The average Bonchev–Trinajstić information content (AvgIpc) is 3.51. The maximum Gasteiger partial charge on any atom is 0.508 e. The van der Waals surface area contributed by atoms with E-state index >= 15 is 0 Å². The second-order valence-electron chi connectivity index (χ2n) is 10.3. The molecule has 12 heteroatoms. The van der Waals surface area contributed by atoms with E-state index in [9.17, 15) is 14.0 Å². The van der Waals surface area contributed by atoms with Gasteiger partial charge in [0.25, 0.3) is 0 Å². The van der Waals surface area contributed by atoms with Crippen molar-refractivity contribution in [3.05, 3.63) is 25.1 Å². The number of imidazole rings is 1. The van der Waals surface area contributed by atoms with E-state index in [0.717, 1.165) is 25.7 Å². The molecule has 0 bridgehead atoms. The van der Waals surface area contributed by atoms with Gasteiger partial charge in [-0.1, -0.05) is 52.5 Å². The van der Waals surface area contributed by atoms with Crippen LogP contribution >= 0.6 is 0 Å². The second-order valence-corrected chi connectivity index (χ2v) is 10.3. The van der Waals surface area contributed by atoms with Crippen LogP contribution in [0, 0.1) is 29.8 Å². The molecule has 1 saturated heterocycles. The molecule has 0 saturated carbocycles. The molecule has 0 aromatic carbocycles. The monoisotopic (exact) mass is 559 g/mol. The van der Waals surface area contributed by atoms with Crippen molar-refractivity contribution in [3.63, 3.8) is 0 Å². The van der Waals surface area contributed by atoms with Crippen LogP contribution in [0.5, 0.6) is 0 Å². The molecule has 2 N–H and O–H groups in total. The number of esters is 1. The Morgan fingerprint density at radius 3 is 2.73 bits per heavy atom. The fraction of sp³-hybridized carbons (Fsp3) is 0.607. The van der Waals surface area contributed by atoms with Gasteiger partial charge in [-0.15, -0.1) is 13.0 Å². The number of halogens is 1. The summed E-state index contributed by atoms with van der Waals surface area (Å²) in [7, 11) is 0. The number of ether oxygens (including phenoxy) is 4. The molecule has 1 fully saturated rings. The van der Waals surface area contributed by atoms with Crippen LogP contribution in [0.1, 0.15) is 72.4 Å². The van der Waals surface area contributed by atoms with Crippen LogP contribution in [0.4, 0.5) is 15.0 Å². The zero-order valence-corrected chi connectivity index (χ0v) is 23.5. The van der Waals surface area contributed by atoms with Crippen LogP contribution < -0.4 is 5.73 Å². The number of hydrogen-bond acceptors (Lipinski definition) is 10. The summed E-state index contributed by atoms with van der Waals surface area (Å²) in [6.07, 6.45) is 9.76. The summed E-state index contributed by atoms with van der Waals surface area (Å²) in [6.45, 7) is 11.2. The molecule has 3 heterocycles. The van der Waals surface area contributed by atoms with Gasteiger partial charge in [0.15, 0.2) is 17.0 Å². The summed E-state index contributed by atoms with van der Waals surface area (Å²) < 4.78 is 37.8. The van der Waals surface area contributed by atoms with Gasteiger partial charge >= 0.3 is 18.2 Å². The molecule has 0 aliphatic carbocycles. The van der Waals surface area contributed by atoms with Gasteiger partial charge < -0.3 is 24.7 Å². The number of aromatic nitrogens is 4. The van der Waals surface area contributed by atoms with Gasteiger partial charge in [0.05, 0.1) is 18.9 Å². The highest BCUT2D eigenvalue weighted by Crippen LogP contribution is 2.41. The zero-order valence-electron chi connectivity index (χ0n) is 23.5. The van der Waals surface area contributed by atoms with E-state index in [4.69, 9.17) is 31.1 Å². The molecule has 3 rings (SSSR count). The third kappa shape index (κ3) is 6.70. The van der Waals surface area contributed by atoms with Crippen molar-refractivity contribution < 1.29 is 32.9 Å². The molecule has 2 aromatic heterocycles. The number of fused-ring (bicyclic) bond motifs is 1. The average molecular weight is 560 g/mol. The van der Waals surface area contributed by atoms with E-state index in [-0.39, 0.29) is 35.4 Å². The molecule has 3 atom stereocenters. The molecule has 218 valence electrons. The first-order valence-electron chi connectivity index (χ1n) is 13.5. The Kier molecular flexibility index (Phi) is 10.1. The lowest BCUT2D eigenvalue weighted by Gasteiger charge is -2.30. The molecule has 11 nitrogen and oxygen atoms in total. The van der Waals surface area contributed by atoms with Crippen LogP contribution in [-0.4, -0.2) is 56.6 Å². The van der Waals surface area contributed by atoms with E-state index in [1.54, 1.807) is 13.8 Å². The minimum Gasteiger partial charge on any atom is -0.458 e. The number of rotatable bonds is 13. The topological polar surface area (TPSA) is 141 Å². The Balaban J connectivity index is 1.72. The van der Waals surface area contributed by atoms with E-state index in [0.29, 0.717) is 6.42 Å². The standard InChI is InChI=1S/C28H38FN5O6/c1-7-12-27(8-2,9-3)13-11-14-37-26(36)38-16-28(10-4)19(39-24(35)18(5)6)15-20(40-28)34-17-31-21-22(30)32-25(29)33-23(21)34/h4,7,17-20H,1,8-9,11-16H2,2-3,5-6H3,(H2,30,32,33)/t19-,20+,28+/m0/s1. The van der Waals surface area contributed by atoms with Crippen molar-refractivity contribution in [2.75, 3.05) is 18.9 Å². The fourth-order valence-corrected chi connectivity index (χ4v) is 4.86. The summed E-state index contributed by atoms with van der Waals surface area (Å²) in [4.78, 5) is 36.4. The number of carbonyl (C=O) groups excluding carboxylic acids is 2. The van der Waals surface area contributed by atoms with Crippen LogP contribution in [0.2, 0.25) is 0 Å². The lowest BCUT2D eigenvalue weighted by molar-refractivity contribution is -0.162. The van der Waals surface area contributed by atoms with E-state index in [2.05, 4.69) is 41.3 Å². The van der Waals surface area contributed by atoms with Crippen molar-refractivity contribution in [1.82, 2.24) is 19.5 Å². The summed E-state index contributed by atoms with van der Waals surface area (Å²) in [5.41, 5.74) is 4.49. The van der Waals surface area contributed by atoms with Gasteiger partial charge in [0.2, 0.25) is 5.60 Å². The number of nitrogens with two attached hydrogens (primary N) is 1. The largest absolute Gasteiger partial charge is 0.508 e. The first-order valence-corrected chi connectivity index (χ1v) is 13.5. The van der Waals surface area contributed by atoms with Crippen LogP contribution in [0.25, 0.3) is 11.2 Å². The van der Waals surface area contributed by atoms with Crippen molar-refractivity contribution in [2.24, 2.45) is 11.3 Å². The lowest BCUT2D eigenvalue weighted by atomic mass is 9.75. The first-order chi connectivity index (χ1) is 19.0. The number of nitrogen functional groups attached to an aromatic ring is 1. The maximum absolute atomic E-state index is 13.9. The lowest BCUT2D eigenvalue weighted by Crippen LogP contribution is -2.46. The predicted octanol–water partition coefficient (Wildman–Crippen LogP) is 4.72. The number of hydrogen-bond donors (Lipinski definition) is 1. The quantitative estimate of drug-likeness (QED) is 0.120. The van der Waals surface area contributed by atoms with Crippen molar-refractivity contribution in [2.45, 2.75) is 84.2 Å². The minimum atomic E-state index is -1.65. The highest BCUT2D eigenvalue weighted by molar-refractivity contribution is 5.81. The minimum absolute atomic E-state index is 0.0531. The Morgan fingerprint density at radius 1 is 1.38 bits per heavy atom. The Hall–Kier alpha value is -3.72. The van der Waals surface area contributed by atoms with E-state index < -0.39 is 48.7 Å². The second kappa shape index (κ2) is 13.1. The summed E-state index contributed by atoms with van der Waals surface area (Å²) >= 11 is 0. The van der Waals surface area contributed by atoms with Crippen LogP contribution in [-0.2, 0) is 23.7 Å². The number of allylic oxidation sites excluding steroid dienone is 1. The molecular weight excluding hydrogens is 521 g/mol. The number of carbonyl (C=O) groups is 2.